The summed E-state index contributed by atoms with van der Waals surface area (Å²) in [6, 6.07) is -0.833. The zero-order valence-electron chi connectivity index (χ0n) is 6.51. The SMILES string of the molecule is NC(N)=O.O=C(O)C[C@H](O)C(=O)O. The lowest BCUT2D eigenvalue weighted by Crippen LogP contribution is -2.22. The molecule has 1 atom stereocenters. The van der Waals surface area contributed by atoms with Crippen LogP contribution in [0.25, 0.3) is 0 Å². The number of hydrogen-bond acceptors (Lipinski definition) is 4. The molecular weight excluding hydrogens is 184 g/mol. The fourth-order valence-electron chi connectivity index (χ4n) is 0.253. The van der Waals surface area contributed by atoms with E-state index < -0.39 is 30.5 Å². The van der Waals surface area contributed by atoms with Gasteiger partial charge in [0.25, 0.3) is 0 Å². The first-order valence-electron chi connectivity index (χ1n) is 2.95. The lowest BCUT2D eigenvalue weighted by molar-refractivity contribution is -0.152. The van der Waals surface area contributed by atoms with Gasteiger partial charge in [-0.05, 0) is 0 Å². The molecule has 0 aromatic heterocycles. The molecule has 7 N–H and O–H groups in total. The summed E-state index contributed by atoms with van der Waals surface area (Å²) >= 11 is 0. The van der Waals surface area contributed by atoms with Crippen molar-refractivity contribution in [1.82, 2.24) is 0 Å². The highest BCUT2D eigenvalue weighted by molar-refractivity contribution is 5.79. The van der Waals surface area contributed by atoms with Crippen molar-refractivity contribution in [3.63, 3.8) is 0 Å². The zero-order chi connectivity index (χ0) is 11.0. The third kappa shape index (κ3) is 17.8. The molecule has 0 saturated carbocycles. The molecule has 8 nitrogen and oxygen atoms in total. The number of carboxylic acid groups (broad SMARTS) is 2. The summed E-state index contributed by atoms with van der Waals surface area (Å²) in [7, 11) is 0. The zero-order valence-corrected chi connectivity index (χ0v) is 6.51. The molecule has 76 valence electrons. The van der Waals surface area contributed by atoms with Gasteiger partial charge in [0.15, 0.2) is 6.10 Å². The topological polar surface area (TPSA) is 164 Å². The van der Waals surface area contributed by atoms with Crippen LogP contribution < -0.4 is 11.5 Å². The quantitative estimate of drug-likeness (QED) is 0.346. The predicted octanol–water partition coefficient (Wildman–Crippen LogP) is -2.07. The molecule has 0 aliphatic carbocycles. The Morgan fingerprint density at radius 1 is 1.15 bits per heavy atom. The van der Waals surface area contributed by atoms with Gasteiger partial charge in [-0.1, -0.05) is 0 Å². The van der Waals surface area contributed by atoms with Crippen LogP contribution in [0.1, 0.15) is 6.42 Å². The Morgan fingerprint density at radius 3 is 1.54 bits per heavy atom. The summed E-state index contributed by atoms with van der Waals surface area (Å²) in [4.78, 5) is 28.4. The third-order valence-electron chi connectivity index (χ3n) is 0.653. The number of aliphatic hydroxyl groups is 1. The highest BCUT2D eigenvalue weighted by Crippen LogP contribution is 1.89. The molecule has 0 saturated heterocycles. The minimum Gasteiger partial charge on any atom is -0.481 e. The van der Waals surface area contributed by atoms with Gasteiger partial charge in [-0.2, -0.15) is 0 Å². The molecule has 0 aromatic carbocycles. The number of carbonyl (C=O) groups is 3. The number of nitrogens with two attached hydrogens (primary N) is 2. The number of carboxylic acids is 2. The molecule has 0 aliphatic heterocycles. The number of primary amides is 2. The van der Waals surface area contributed by atoms with Gasteiger partial charge in [-0.25, -0.2) is 9.59 Å². The summed E-state index contributed by atoms with van der Waals surface area (Å²) in [5.41, 5.74) is 8.50. The Bertz CT molecular complexity index is 199. The summed E-state index contributed by atoms with van der Waals surface area (Å²) in [5.74, 6) is -2.85. The van der Waals surface area contributed by atoms with E-state index in [9.17, 15) is 9.59 Å². The van der Waals surface area contributed by atoms with Crippen LogP contribution in [-0.2, 0) is 9.59 Å². The van der Waals surface area contributed by atoms with Crippen LogP contribution in [0.5, 0.6) is 0 Å². The molecule has 0 aliphatic rings. The number of urea groups is 1. The van der Waals surface area contributed by atoms with Crippen molar-refractivity contribution in [3.05, 3.63) is 0 Å². The molecule has 0 fully saturated rings. The number of hydrogen-bond donors (Lipinski definition) is 5. The maximum atomic E-state index is 9.72. The second-order valence-electron chi connectivity index (χ2n) is 1.85. The standard InChI is InChI=1S/C4H6O5.CH4N2O/c5-2(4(8)9)1-3(6)7;2-1(3)4/h2,5H,1H2,(H,6,7)(H,8,9);(H4,2,3,4)/t2-;/m0./s1. The van der Waals surface area contributed by atoms with Crippen LogP contribution in [-0.4, -0.2) is 39.4 Å². The van der Waals surface area contributed by atoms with Crippen molar-refractivity contribution in [2.24, 2.45) is 11.5 Å². The van der Waals surface area contributed by atoms with Crippen LogP contribution in [0, 0.1) is 0 Å². The first-order chi connectivity index (χ1) is 5.77. The normalized spacial score (nSPS) is 10.5. The molecule has 2 amide bonds. The minimum absolute atomic E-state index is 0.755. The van der Waals surface area contributed by atoms with Crippen LogP contribution >= 0.6 is 0 Å². The number of rotatable bonds is 3. The summed E-state index contributed by atoms with van der Waals surface area (Å²) < 4.78 is 0. The van der Waals surface area contributed by atoms with Gasteiger partial charge in [-0.3, -0.25) is 4.79 Å². The highest BCUT2D eigenvalue weighted by Gasteiger charge is 2.16. The lowest BCUT2D eigenvalue weighted by atomic mass is 10.3. The van der Waals surface area contributed by atoms with Crippen LogP contribution in [0.15, 0.2) is 0 Å². The maximum Gasteiger partial charge on any atom is 0.333 e. The largest absolute Gasteiger partial charge is 0.481 e. The van der Waals surface area contributed by atoms with E-state index in [4.69, 9.17) is 20.1 Å². The molecular formula is C5H10N2O6. The van der Waals surface area contributed by atoms with Crippen molar-refractivity contribution >= 4 is 18.0 Å². The summed E-state index contributed by atoms with van der Waals surface area (Å²) in [6.45, 7) is 0. The van der Waals surface area contributed by atoms with Gasteiger partial charge in [0.2, 0.25) is 0 Å². The first kappa shape index (κ1) is 13.7. The smallest absolute Gasteiger partial charge is 0.333 e. The van der Waals surface area contributed by atoms with Crippen molar-refractivity contribution in [2.75, 3.05) is 0 Å². The molecule has 13 heavy (non-hydrogen) atoms. The Balaban J connectivity index is 0. The van der Waals surface area contributed by atoms with Gasteiger partial charge in [0.05, 0.1) is 6.42 Å². The van der Waals surface area contributed by atoms with Crippen molar-refractivity contribution in [2.45, 2.75) is 12.5 Å². The first-order valence-corrected chi connectivity index (χ1v) is 2.95. The van der Waals surface area contributed by atoms with E-state index in [2.05, 4.69) is 11.5 Å². The van der Waals surface area contributed by atoms with Crippen molar-refractivity contribution < 1.29 is 29.7 Å². The van der Waals surface area contributed by atoms with E-state index in [0.29, 0.717) is 0 Å². The van der Waals surface area contributed by atoms with E-state index >= 15 is 0 Å². The van der Waals surface area contributed by atoms with Crippen molar-refractivity contribution in [3.8, 4) is 0 Å². The average Bonchev–Trinajstić information content (AvgIpc) is 1.83. The molecule has 0 aromatic rings. The van der Waals surface area contributed by atoms with E-state index in [0.717, 1.165) is 0 Å². The van der Waals surface area contributed by atoms with Gasteiger partial charge in [0, 0.05) is 0 Å². The molecule has 8 heteroatoms. The van der Waals surface area contributed by atoms with E-state index in [-0.39, 0.29) is 0 Å². The van der Waals surface area contributed by atoms with E-state index in [1.807, 2.05) is 0 Å². The number of aliphatic carboxylic acids is 2. The summed E-state index contributed by atoms with van der Waals surface area (Å²) in [6.07, 6.45) is -2.54. The monoisotopic (exact) mass is 194 g/mol. The van der Waals surface area contributed by atoms with Gasteiger partial charge in [0.1, 0.15) is 0 Å². The van der Waals surface area contributed by atoms with Crippen LogP contribution in [0.2, 0.25) is 0 Å². The fourth-order valence-corrected chi connectivity index (χ4v) is 0.253. The predicted molar refractivity (Wildman–Crippen MR) is 39.7 cm³/mol. The Labute approximate surface area is 72.8 Å². The Hall–Kier alpha value is -1.83. The maximum absolute atomic E-state index is 9.72. The number of amides is 2. The number of carbonyl (C=O) groups excluding carboxylic acids is 1. The van der Waals surface area contributed by atoms with Gasteiger partial charge in [-0.15, -0.1) is 0 Å². The van der Waals surface area contributed by atoms with E-state index in [1.165, 1.54) is 0 Å². The molecule has 0 heterocycles. The molecule has 0 spiro atoms. The lowest BCUT2D eigenvalue weighted by Gasteiger charge is -1.97. The summed E-state index contributed by atoms with van der Waals surface area (Å²) in [5, 5.41) is 24.1. The fraction of sp³-hybridized carbons (Fsp3) is 0.400. The molecule has 0 unspecified atom stereocenters. The second kappa shape index (κ2) is 6.85. The second-order valence-corrected chi connectivity index (χ2v) is 1.85. The van der Waals surface area contributed by atoms with Crippen molar-refractivity contribution in [1.29, 1.82) is 0 Å². The minimum atomic E-state index is -1.79. The third-order valence-corrected chi connectivity index (χ3v) is 0.653. The van der Waals surface area contributed by atoms with Gasteiger partial charge < -0.3 is 26.8 Å². The van der Waals surface area contributed by atoms with Gasteiger partial charge >= 0.3 is 18.0 Å². The Kier molecular flexibility index (Phi) is 7.24. The molecule has 0 radical (unpaired) electrons. The van der Waals surface area contributed by atoms with Crippen LogP contribution in [0.4, 0.5) is 4.79 Å². The Morgan fingerprint density at radius 2 is 1.46 bits per heavy atom. The van der Waals surface area contributed by atoms with Crippen LogP contribution in [0.3, 0.4) is 0 Å². The molecule has 0 bridgehead atoms. The average molecular weight is 194 g/mol. The molecule has 0 rings (SSSR count). The number of aliphatic hydroxyl groups excluding tert-OH is 1. The highest BCUT2D eigenvalue weighted by atomic mass is 16.4. The van der Waals surface area contributed by atoms with E-state index in [1.54, 1.807) is 0 Å².